The SMILES string of the molecule is N=C(CO)N=C(CN)C(O)C(=O)O. The van der Waals surface area contributed by atoms with Crippen LogP contribution in [-0.4, -0.2) is 52.1 Å². The maximum atomic E-state index is 10.3. The number of nitrogens with two attached hydrogens (primary N) is 1. The molecule has 6 N–H and O–H groups in total. The Hall–Kier alpha value is -1.31. The first kappa shape index (κ1) is 11.7. The molecule has 0 aromatic rings. The van der Waals surface area contributed by atoms with Crippen molar-refractivity contribution in [3.8, 4) is 0 Å². The fourth-order valence-corrected chi connectivity index (χ4v) is 0.570. The lowest BCUT2D eigenvalue weighted by Gasteiger charge is -2.06. The summed E-state index contributed by atoms with van der Waals surface area (Å²) in [4.78, 5) is 13.6. The quantitative estimate of drug-likeness (QED) is 0.252. The molecule has 1 atom stereocenters. The van der Waals surface area contributed by atoms with Crippen LogP contribution in [0.15, 0.2) is 4.99 Å². The van der Waals surface area contributed by atoms with E-state index in [9.17, 15) is 4.79 Å². The van der Waals surface area contributed by atoms with E-state index < -0.39 is 24.5 Å². The van der Waals surface area contributed by atoms with Crippen molar-refractivity contribution < 1.29 is 20.1 Å². The molecule has 0 amide bonds. The van der Waals surface area contributed by atoms with Crippen LogP contribution in [0, 0.1) is 5.41 Å². The van der Waals surface area contributed by atoms with Gasteiger partial charge in [0, 0.05) is 6.54 Å². The highest BCUT2D eigenvalue weighted by Gasteiger charge is 2.19. The van der Waals surface area contributed by atoms with Crippen molar-refractivity contribution in [2.75, 3.05) is 13.2 Å². The smallest absolute Gasteiger partial charge is 0.338 e. The maximum Gasteiger partial charge on any atom is 0.338 e. The van der Waals surface area contributed by atoms with Gasteiger partial charge in [-0.3, -0.25) is 5.41 Å². The molecule has 0 bridgehead atoms. The number of hydrogen-bond acceptors (Lipinski definition) is 5. The van der Waals surface area contributed by atoms with Crippen molar-refractivity contribution >= 4 is 17.5 Å². The average molecular weight is 189 g/mol. The Morgan fingerprint density at radius 2 is 2.15 bits per heavy atom. The van der Waals surface area contributed by atoms with Gasteiger partial charge in [-0.1, -0.05) is 0 Å². The third-order valence-corrected chi connectivity index (χ3v) is 1.19. The zero-order chi connectivity index (χ0) is 10.4. The molecular formula is C6H11N3O4. The van der Waals surface area contributed by atoms with Crippen LogP contribution in [0.5, 0.6) is 0 Å². The number of amidine groups is 1. The fraction of sp³-hybridized carbons (Fsp3) is 0.500. The molecule has 7 nitrogen and oxygen atoms in total. The molecule has 0 radical (unpaired) electrons. The Bertz CT molecular complexity index is 238. The van der Waals surface area contributed by atoms with Gasteiger partial charge >= 0.3 is 5.97 Å². The normalized spacial score (nSPS) is 13.9. The number of aliphatic carboxylic acids is 1. The van der Waals surface area contributed by atoms with E-state index in [-0.39, 0.29) is 12.3 Å². The third-order valence-electron chi connectivity index (χ3n) is 1.19. The average Bonchev–Trinajstić information content (AvgIpc) is 2.12. The summed E-state index contributed by atoms with van der Waals surface area (Å²) in [6.07, 6.45) is -1.82. The van der Waals surface area contributed by atoms with E-state index in [1.807, 2.05) is 0 Å². The van der Waals surface area contributed by atoms with Crippen molar-refractivity contribution in [1.29, 1.82) is 5.41 Å². The summed E-state index contributed by atoms with van der Waals surface area (Å²) < 4.78 is 0. The summed E-state index contributed by atoms with van der Waals surface area (Å²) in [6.45, 7) is -0.911. The third kappa shape index (κ3) is 3.74. The Balaban J connectivity index is 4.58. The van der Waals surface area contributed by atoms with E-state index in [0.717, 1.165) is 0 Å². The first-order valence-corrected chi connectivity index (χ1v) is 3.39. The predicted molar refractivity (Wildman–Crippen MR) is 44.9 cm³/mol. The monoisotopic (exact) mass is 189 g/mol. The van der Waals surface area contributed by atoms with Gasteiger partial charge in [-0.15, -0.1) is 0 Å². The first-order chi connectivity index (χ1) is 6.02. The van der Waals surface area contributed by atoms with Gasteiger partial charge in [-0.25, -0.2) is 9.79 Å². The minimum absolute atomic E-state index is 0.258. The minimum atomic E-state index is -1.82. The number of hydrogen-bond donors (Lipinski definition) is 5. The van der Waals surface area contributed by atoms with Crippen molar-refractivity contribution in [1.82, 2.24) is 0 Å². The Kier molecular flexibility index (Phi) is 4.82. The van der Waals surface area contributed by atoms with Gasteiger partial charge in [0.25, 0.3) is 0 Å². The molecule has 0 fully saturated rings. The maximum absolute atomic E-state index is 10.3. The highest BCUT2D eigenvalue weighted by molar-refractivity contribution is 6.09. The highest BCUT2D eigenvalue weighted by Crippen LogP contribution is 1.90. The van der Waals surface area contributed by atoms with Crippen LogP contribution >= 0.6 is 0 Å². The summed E-state index contributed by atoms with van der Waals surface area (Å²) in [5, 5.41) is 32.6. The zero-order valence-corrected chi connectivity index (χ0v) is 6.77. The molecule has 7 heteroatoms. The second kappa shape index (κ2) is 5.36. The second-order valence-corrected chi connectivity index (χ2v) is 2.15. The van der Waals surface area contributed by atoms with E-state index in [1.54, 1.807) is 0 Å². The molecule has 0 aliphatic heterocycles. The van der Waals surface area contributed by atoms with Crippen molar-refractivity contribution in [3.05, 3.63) is 0 Å². The number of carboxylic acid groups (broad SMARTS) is 1. The number of carbonyl (C=O) groups is 1. The minimum Gasteiger partial charge on any atom is -0.479 e. The number of nitrogens with zero attached hydrogens (tertiary/aromatic N) is 1. The fourth-order valence-electron chi connectivity index (χ4n) is 0.570. The van der Waals surface area contributed by atoms with Gasteiger partial charge in [0.05, 0.1) is 5.71 Å². The van der Waals surface area contributed by atoms with Crippen LogP contribution in [0.4, 0.5) is 0 Å². The Morgan fingerprint density at radius 1 is 1.62 bits per heavy atom. The topological polar surface area (TPSA) is 140 Å². The first-order valence-electron chi connectivity index (χ1n) is 3.39. The molecule has 74 valence electrons. The lowest BCUT2D eigenvalue weighted by molar-refractivity contribution is -0.143. The molecule has 0 aliphatic rings. The lowest BCUT2D eigenvalue weighted by Crippen LogP contribution is -2.35. The number of aliphatic hydroxyl groups is 2. The molecule has 0 saturated carbocycles. The highest BCUT2D eigenvalue weighted by atomic mass is 16.4. The molecular weight excluding hydrogens is 178 g/mol. The van der Waals surface area contributed by atoms with E-state index in [0.29, 0.717) is 0 Å². The molecule has 1 unspecified atom stereocenters. The van der Waals surface area contributed by atoms with Crippen LogP contribution in [0.3, 0.4) is 0 Å². The summed E-state index contributed by atoms with van der Waals surface area (Å²) >= 11 is 0. The van der Waals surface area contributed by atoms with E-state index in [4.69, 9.17) is 26.5 Å². The van der Waals surface area contributed by atoms with Gasteiger partial charge in [-0.05, 0) is 0 Å². The molecule has 0 aromatic carbocycles. The largest absolute Gasteiger partial charge is 0.479 e. The molecule has 0 saturated heterocycles. The summed E-state index contributed by atoms with van der Waals surface area (Å²) in [5.41, 5.74) is 4.82. The zero-order valence-electron chi connectivity index (χ0n) is 6.77. The van der Waals surface area contributed by atoms with Gasteiger partial charge in [0.1, 0.15) is 12.4 Å². The summed E-state index contributed by atoms with van der Waals surface area (Å²) in [6, 6.07) is 0. The van der Waals surface area contributed by atoms with Crippen LogP contribution in [-0.2, 0) is 4.79 Å². The molecule has 0 rings (SSSR count). The Morgan fingerprint density at radius 3 is 2.46 bits per heavy atom. The van der Waals surface area contributed by atoms with Crippen LogP contribution in [0.1, 0.15) is 0 Å². The van der Waals surface area contributed by atoms with Gasteiger partial charge in [-0.2, -0.15) is 0 Å². The van der Waals surface area contributed by atoms with Crippen molar-refractivity contribution in [2.45, 2.75) is 6.10 Å². The van der Waals surface area contributed by atoms with Crippen LogP contribution < -0.4 is 5.73 Å². The predicted octanol–water partition coefficient (Wildman–Crippen LogP) is -2.20. The Labute approximate surface area is 74.0 Å². The molecule has 0 heterocycles. The van der Waals surface area contributed by atoms with Crippen LogP contribution in [0.2, 0.25) is 0 Å². The molecule has 0 aromatic heterocycles. The van der Waals surface area contributed by atoms with E-state index >= 15 is 0 Å². The number of aliphatic hydroxyl groups excluding tert-OH is 2. The van der Waals surface area contributed by atoms with Crippen molar-refractivity contribution in [2.24, 2.45) is 10.7 Å². The van der Waals surface area contributed by atoms with Gasteiger partial charge in [0.15, 0.2) is 6.10 Å². The second-order valence-electron chi connectivity index (χ2n) is 2.15. The number of aliphatic imine (C=N–C) groups is 1. The van der Waals surface area contributed by atoms with Gasteiger partial charge < -0.3 is 21.1 Å². The number of carboxylic acids is 1. The van der Waals surface area contributed by atoms with Crippen LogP contribution in [0.25, 0.3) is 0 Å². The lowest BCUT2D eigenvalue weighted by atomic mass is 10.2. The van der Waals surface area contributed by atoms with E-state index in [2.05, 4.69) is 4.99 Å². The number of nitrogens with one attached hydrogen (secondary N) is 1. The van der Waals surface area contributed by atoms with Gasteiger partial charge in [0.2, 0.25) is 0 Å². The molecule has 0 spiro atoms. The van der Waals surface area contributed by atoms with Crippen molar-refractivity contribution in [3.63, 3.8) is 0 Å². The summed E-state index contributed by atoms with van der Waals surface area (Å²) in [5.74, 6) is -1.93. The van der Waals surface area contributed by atoms with E-state index in [1.165, 1.54) is 0 Å². The molecule has 0 aliphatic carbocycles. The molecule has 13 heavy (non-hydrogen) atoms. The number of rotatable bonds is 4. The summed E-state index contributed by atoms with van der Waals surface area (Å²) in [7, 11) is 0. The standard InChI is InChI=1S/C6H11N3O4/c7-1-3(5(11)6(12)13)9-4(8)2-10/h5,8,10-11H,1-2,7H2,(H,12,13).